The number of rotatable bonds is 24. The molecule has 0 aromatic carbocycles. The standard InChI is InChI=1S/HPS75/c2-1(3)53(4,5)55(9,10)57(13,14)59(17,18)61(21,22)63(25,26)65(29,30)67(33,34)69(37,38)71(41,42)73(45,46)75(49,50)76(51,52)74(47,48)72(43,44)70(39,40)68(35,36)66(31,32)64(27,28)62(23,24)60(19,20)58(15,16)56(11,12)54(6,7)8/h(H,6,7,8). The highest BCUT2D eigenvalue weighted by atomic mass is 34.5. The van der Waals surface area contributed by atoms with Gasteiger partial charge in [-0.2, -0.15) is 0 Å². The van der Waals surface area contributed by atoms with Crippen LogP contribution in [0.4, 0.5) is 0 Å². The zero-order valence-electron chi connectivity index (χ0n) is 31.1. The van der Waals surface area contributed by atoms with Gasteiger partial charge in [0, 0.05) is 137 Å². The van der Waals surface area contributed by atoms with Crippen LogP contribution in [0.25, 0.3) is 0 Å². The molecule has 0 aromatic rings. The minimum Gasteiger partial charge on any atom is -0.463 e. The molecular weight excluding hydrogens is 2440 g/mol. The van der Waals surface area contributed by atoms with Crippen molar-refractivity contribution in [1.82, 2.24) is 0 Å². The molecule has 76 heavy (non-hydrogen) atoms. The van der Waals surface area contributed by atoms with E-state index < -0.39 is 131 Å². The van der Waals surface area contributed by atoms with Gasteiger partial charge in [0.05, 0.1) is 5.21 Å². The van der Waals surface area contributed by atoms with Crippen LogP contribution in [0.15, 0.2) is 0 Å². The Kier molecular flexibility index (Phi) is 38.2. The first-order valence-electron chi connectivity index (χ1n) is 12.6. The van der Waals surface area contributed by atoms with Crippen molar-refractivity contribution >= 4 is 703 Å². The molecule has 0 spiro atoms. The smallest absolute Gasteiger partial charge is 0.148 e. The van der Waals surface area contributed by atoms with E-state index in [1.54, 1.807) is 0 Å². The van der Waals surface area contributed by atoms with Crippen molar-refractivity contribution in [3.63, 3.8) is 0 Å². The molecule has 456 valence electrons. The van der Waals surface area contributed by atoms with E-state index in [9.17, 15) is 0 Å². The molecule has 0 bridgehead atoms. The summed E-state index contributed by atoms with van der Waals surface area (Å²) < 4.78 is 0. The Labute approximate surface area is 682 Å². The molecule has 0 N–H and O–H groups in total. The van der Waals surface area contributed by atoms with Crippen molar-refractivity contribution in [2.24, 2.45) is 0 Å². The van der Waals surface area contributed by atoms with Gasteiger partial charge in [-0.1, -0.05) is 11.7 Å². The fourth-order valence-electron chi connectivity index (χ4n) is 2.33. The Hall–Kier alpha value is 20.2. The van der Waals surface area contributed by atoms with Gasteiger partial charge in [0.2, 0.25) is 0 Å². The molecule has 0 radical (unpaired) electrons. The van der Waals surface area contributed by atoms with Gasteiger partial charge in [-0.3, -0.25) is 0 Å². The molecule has 76 heteroatoms. The third-order valence-electron chi connectivity index (χ3n) is 5.95. The van der Waals surface area contributed by atoms with Crippen LogP contribution in [-0.4, -0.2) is 0 Å². The maximum Gasteiger partial charge on any atom is 0.148 e. The summed E-state index contributed by atoms with van der Waals surface area (Å²) >= 11 is 302. The lowest BCUT2D eigenvalue weighted by molar-refractivity contribution is 4.96. The Morgan fingerprint density at radius 3 is 0.329 bits per heavy atom. The first-order valence-corrected chi connectivity index (χ1v) is 113. The van der Waals surface area contributed by atoms with Gasteiger partial charge in [0.25, 0.3) is 0 Å². The quantitative estimate of drug-likeness (QED) is 0.0635. The summed E-state index contributed by atoms with van der Waals surface area (Å²) in [6.07, 6.45) is 0. The van der Waals surface area contributed by atoms with E-state index in [2.05, 4.69) is 11.7 Å². The normalized spacial score (nSPS) is 17.0. The SMILES string of the molecule is S=[P+]([S-])S(=S)(=S)S(=S)(=S)S(=S)(=S)S(=S)(=S)S(=S)(=S)S(=S)(=S)S(=S)(=S)S(=S)(=S)S(=S)(=S)S(=S)(=S)S(=S)(=S)S(=S)(=S)S(=S)(=S)S(=S)(=S)S(=S)(=S)S(=S)(=S)S(=S)(=S)S(=S)(=S)S(=S)(=S)S(=S)(=S)S(=S)(=S)S(=S)(=S)S(=S)(=S)S(=S)(=S)S. The summed E-state index contributed by atoms with van der Waals surface area (Å²) in [7, 11) is 0. The van der Waals surface area contributed by atoms with Gasteiger partial charge in [-0.15, -0.1) is 0 Å². The first kappa shape index (κ1) is 96.2. The summed E-state index contributed by atoms with van der Waals surface area (Å²) in [4.78, 5) is 0. The van der Waals surface area contributed by atoms with Crippen molar-refractivity contribution in [3.8, 4) is 0 Å². The molecule has 0 aliphatic rings. The Morgan fingerprint density at radius 1 is 0.171 bits per heavy atom. The number of thiol groups is 1. The average molecular weight is 2440 g/mol. The van der Waals surface area contributed by atoms with Gasteiger partial charge >= 0.3 is 0 Å². The van der Waals surface area contributed by atoms with Crippen LogP contribution in [0.5, 0.6) is 0 Å². The predicted octanol–water partition coefficient (Wildman–Crippen LogP) is 1.06. The van der Waals surface area contributed by atoms with Crippen LogP contribution in [0.2, 0.25) is 0 Å². The molecular formula is HPS75. The Balaban J connectivity index is 8.67. The highest BCUT2D eigenvalue weighted by molar-refractivity contribution is 9.81. The van der Waals surface area contributed by atoms with Crippen LogP contribution >= 0.6 is 16.8 Å². The van der Waals surface area contributed by atoms with Crippen molar-refractivity contribution in [3.05, 3.63) is 0 Å². The lowest BCUT2D eigenvalue weighted by atomic mass is 29.6. The van der Waals surface area contributed by atoms with E-state index in [0.717, 1.165) is 0 Å². The minimum atomic E-state index is -4.06. The molecule has 1 atom stereocenters. The maximum atomic E-state index is 6.15. The fourth-order valence-corrected chi connectivity index (χ4v) is 565. The molecule has 0 aliphatic heterocycles. The first-order chi connectivity index (χ1) is 31.7. The summed E-state index contributed by atoms with van der Waals surface area (Å²) in [5, 5.41) is -89.6. The Morgan fingerprint density at radius 2 is 0.250 bits per heavy atom. The zero-order chi connectivity index (χ0) is 63.6. The topological polar surface area (TPSA) is 0 Å². The lowest BCUT2D eigenvalue weighted by Crippen LogP contribution is -2.40. The summed E-state index contributed by atoms with van der Waals surface area (Å²) in [5.74, 6) is -3.07. The van der Waals surface area contributed by atoms with E-state index in [-0.39, 0.29) is 0 Å². The van der Waals surface area contributed by atoms with Gasteiger partial charge in [-0.25, -0.2) is 0 Å². The highest BCUT2D eigenvalue weighted by Crippen LogP contribution is 2.46. The van der Waals surface area contributed by atoms with E-state index in [0.29, 0.717) is 0 Å². The van der Waals surface area contributed by atoms with E-state index >= 15 is 0 Å². The van der Waals surface area contributed by atoms with Gasteiger partial charge in [0.1, 0.15) is 22.7 Å². The largest absolute Gasteiger partial charge is 0.463 e. The third-order valence-corrected chi connectivity index (χ3v) is 482. The zero-order valence-corrected chi connectivity index (χ0v) is 93.3. The number of hydrogen-bond donors (Lipinski definition) is 1. The molecule has 0 aliphatic carbocycles. The maximum absolute atomic E-state index is 6.15. The average Bonchev–Trinajstić information content (AvgIpc) is 3.18. The van der Waals surface area contributed by atoms with Gasteiger partial charge in [-0.05, 0) is 515 Å². The van der Waals surface area contributed by atoms with E-state index in [1.807, 2.05) is 0 Å². The molecule has 0 amide bonds. The summed E-state index contributed by atoms with van der Waals surface area (Å²) in [6, 6.07) is 0. The van der Waals surface area contributed by atoms with Crippen LogP contribution < -0.4 is 0 Å². The van der Waals surface area contributed by atoms with Crippen molar-refractivity contribution in [2.75, 3.05) is 0 Å². The third kappa shape index (κ3) is 15.0. The van der Waals surface area contributed by atoms with E-state index in [4.69, 9.17) is 561 Å². The fraction of sp³-hybridized carbons (Fsp3) is 0. The summed E-state index contributed by atoms with van der Waals surface area (Å²) in [5.41, 5.74) is 0. The molecule has 0 fully saturated rings. The van der Waals surface area contributed by atoms with Crippen LogP contribution in [0.1, 0.15) is 0 Å². The monoisotopic (exact) mass is 2430 g/mol. The number of hydrogen-bond acceptors (Lipinski definition) is 50. The lowest BCUT2D eigenvalue weighted by Gasteiger charge is -2.37. The molecule has 0 nitrogen and oxygen atoms in total. The summed E-state index contributed by atoms with van der Waals surface area (Å²) in [6.45, 7) is 0. The predicted molar refractivity (Wildman–Crippen MR) is 561 cm³/mol. The molecule has 0 rings (SSSR count). The van der Waals surface area contributed by atoms with Crippen molar-refractivity contribution in [2.45, 2.75) is 0 Å². The second kappa shape index (κ2) is 30.2. The highest BCUT2D eigenvalue weighted by Gasteiger charge is 2.48. The second-order valence-corrected chi connectivity index (χ2v) is 272. The van der Waals surface area contributed by atoms with Gasteiger partial charge in [0.15, 0.2) is 0 Å². The van der Waals surface area contributed by atoms with Gasteiger partial charge < -0.3 is 12.2 Å². The molecule has 0 heterocycles. The molecule has 0 saturated heterocycles. The van der Waals surface area contributed by atoms with Crippen LogP contribution in [-0.2, 0) is 687 Å². The molecule has 0 aromatic heterocycles. The van der Waals surface area contributed by atoms with Crippen LogP contribution in [0, 0.1) is 0 Å². The second-order valence-electron chi connectivity index (χ2n) is 10.1. The van der Waals surface area contributed by atoms with Crippen LogP contribution in [0.3, 0.4) is 0 Å². The minimum absolute atomic E-state index is 1.98. The van der Waals surface area contributed by atoms with E-state index in [1.165, 1.54) is 0 Å². The van der Waals surface area contributed by atoms with Crippen molar-refractivity contribution < 1.29 is 0 Å². The van der Waals surface area contributed by atoms with Crippen molar-refractivity contribution in [1.29, 1.82) is 0 Å². The molecule has 1 unspecified atom stereocenters. The molecule has 0 saturated carbocycles. The Bertz CT molecular complexity index is 5610.